The number of anilines is 1. The molecule has 0 spiro atoms. The van der Waals surface area contributed by atoms with Crippen LogP contribution in [0.3, 0.4) is 0 Å². The number of carbonyl (C=O) groups is 2. The first-order valence-corrected chi connectivity index (χ1v) is 16.4. The zero-order chi connectivity index (χ0) is 32.7. The summed E-state index contributed by atoms with van der Waals surface area (Å²) in [5, 5.41) is 3.08. The van der Waals surface area contributed by atoms with Gasteiger partial charge in [-0.2, -0.15) is 4.98 Å². The molecule has 4 fully saturated rings. The lowest BCUT2D eigenvalue weighted by atomic mass is 9.49. The zero-order valence-electron chi connectivity index (χ0n) is 26.4. The van der Waals surface area contributed by atoms with Gasteiger partial charge < -0.3 is 24.3 Å². The Morgan fingerprint density at radius 3 is 2.49 bits per heavy atom. The Hall–Kier alpha value is -2.54. The van der Waals surface area contributed by atoms with Crippen molar-refractivity contribution in [3.05, 3.63) is 22.3 Å². The summed E-state index contributed by atoms with van der Waals surface area (Å²) in [5.41, 5.74) is -0.229. The molecule has 2 saturated heterocycles. The Morgan fingerprint density at radius 1 is 1.11 bits per heavy atom. The van der Waals surface area contributed by atoms with Crippen LogP contribution in [0.5, 0.6) is 11.8 Å². The number of rotatable bonds is 5. The molecule has 45 heavy (non-hydrogen) atoms. The number of halogens is 4. The Balaban J connectivity index is 1.23. The quantitative estimate of drug-likeness (QED) is 0.316. The van der Waals surface area contributed by atoms with Crippen molar-refractivity contribution >= 4 is 33.5 Å². The van der Waals surface area contributed by atoms with Gasteiger partial charge in [-0.3, -0.25) is 9.69 Å². The van der Waals surface area contributed by atoms with Crippen molar-refractivity contribution in [3.8, 4) is 11.8 Å². The molecule has 2 aliphatic heterocycles. The first-order valence-electron chi connectivity index (χ1n) is 15.6. The molecule has 1 amide bonds. The minimum absolute atomic E-state index is 0.0297. The van der Waals surface area contributed by atoms with E-state index < -0.39 is 30.2 Å². The molecule has 248 valence electrons. The van der Waals surface area contributed by atoms with Crippen molar-refractivity contribution in [2.75, 3.05) is 19.0 Å². The molecule has 13 heteroatoms. The molecule has 1 aromatic heterocycles. The maximum absolute atomic E-state index is 13.6. The lowest BCUT2D eigenvalue weighted by molar-refractivity contribution is -0.275. The number of ketones is 1. The molecule has 0 radical (unpaired) electrons. The molecule has 5 aliphatic rings. The third-order valence-corrected chi connectivity index (χ3v) is 11.5. The molecule has 3 aliphatic carbocycles. The van der Waals surface area contributed by atoms with E-state index in [1.807, 2.05) is 20.8 Å². The second-order valence-electron chi connectivity index (χ2n) is 14.7. The van der Waals surface area contributed by atoms with E-state index in [1.165, 1.54) is 13.2 Å². The molecule has 1 aromatic rings. The average molecular weight is 701 g/mol. The summed E-state index contributed by atoms with van der Waals surface area (Å²) in [4.78, 5) is 31.8. The van der Waals surface area contributed by atoms with Crippen molar-refractivity contribution < 1.29 is 41.7 Å². The molecule has 6 unspecified atom stereocenters. The SMILES string of the molecule is COc1nc(OC(F)(F)F)c(NC2OC2C2CCC3C4CN(C(=O)OC(C)(C)C)C5=CC(=O)CC[C@]5(C)C4CC[C@@]32C)cc1Br. The second-order valence-corrected chi connectivity index (χ2v) is 15.5. The van der Waals surface area contributed by atoms with Crippen LogP contribution in [-0.2, 0) is 14.3 Å². The number of ether oxygens (including phenoxy) is 4. The number of nitrogens with zero attached hydrogens (tertiary/aromatic N) is 2. The zero-order valence-corrected chi connectivity index (χ0v) is 28.0. The molecule has 0 aromatic carbocycles. The summed E-state index contributed by atoms with van der Waals surface area (Å²) in [6.07, 6.45) is 0.610. The molecule has 6 rings (SSSR count). The number of nitrogens with one attached hydrogen (secondary N) is 1. The highest BCUT2D eigenvalue weighted by Crippen LogP contribution is 2.67. The van der Waals surface area contributed by atoms with Crippen LogP contribution < -0.4 is 14.8 Å². The topological polar surface area (TPSA) is 103 Å². The third-order valence-electron chi connectivity index (χ3n) is 10.9. The van der Waals surface area contributed by atoms with Gasteiger partial charge in [0, 0.05) is 30.2 Å². The Morgan fingerprint density at radius 2 is 1.82 bits per heavy atom. The highest BCUT2D eigenvalue weighted by Gasteiger charge is 2.65. The van der Waals surface area contributed by atoms with Crippen LogP contribution in [0.25, 0.3) is 0 Å². The number of methoxy groups -OCH3 is 1. The van der Waals surface area contributed by atoms with E-state index in [-0.39, 0.29) is 46.1 Å². The van der Waals surface area contributed by atoms with Gasteiger partial charge >= 0.3 is 12.5 Å². The van der Waals surface area contributed by atoms with Gasteiger partial charge in [0.2, 0.25) is 11.8 Å². The lowest BCUT2D eigenvalue weighted by Crippen LogP contribution is -2.59. The first kappa shape index (κ1) is 32.4. The summed E-state index contributed by atoms with van der Waals surface area (Å²) in [6, 6.07) is 1.45. The van der Waals surface area contributed by atoms with Gasteiger partial charge in [0.05, 0.1) is 11.6 Å². The van der Waals surface area contributed by atoms with Crippen LogP contribution in [0.2, 0.25) is 0 Å². The van der Waals surface area contributed by atoms with Crippen LogP contribution in [0.4, 0.5) is 23.7 Å². The molecule has 0 bridgehead atoms. The van der Waals surface area contributed by atoms with Crippen LogP contribution in [0.15, 0.2) is 22.3 Å². The monoisotopic (exact) mass is 699 g/mol. The number of hydrogen-bond donors (Lipinski definition) is 1. The summed E-state index contributed by atoms with van der Waals surface area (Å²) < 4.78 is 61.2. The molecular weight excluding hydrogens is 659 g/mol. The van der Waals surface area contributed by atoms with Gasteiger partial charge in [0.15, 0.2) is 12.0 Å². The molecule has 8 atom stereocenters. The second kappa shape index (κ2) is 11.0. The fraction of sp³-hybridized carbons (Fsp3) is 0.719. The number of alkyl halides is 3. The van der Waals surface area contributed by atoms with Gasteiger partial charge in [-0.25, -0.2) is 4.79 Å². The summed E-state index contributed by atoms with van der Waals surface area (Å²) in [6.45, 7) is 10.5. The molecule has 3 heterocycles. The van der Waals surface area contributed by atoms with Crippen molar-refractivity contribution in [1.29, 1.82) is 0 Å². The smallest absolute Gasteiger partial charge is 0.480 e. The van der Waals surface area contributed by atoms with Gasteiger partial charge in [-0.15, -0.1) is 13.2 Å². The van der Waals surface area contributed by atoms with Crippen LogP contribution in [0.1, 0.15) is 73.1 Å². The highest BCUT2D eigenvalue weighted by molar-refractivity contribution is 9.10. The number of likely N-dealkylation sites (tertiary alicyclic amines) is 1. The van der Waals surface area contributed by atoms with E-state index in [0.29, 0.717) is 35.7 Å². The fourth-order valence-corrected chi connectivity index (χ4v) is 9.44. The Labute approximate surface area is 269 Å². The van der Waals surface area contributed by atoms with Crippen molar-refractivity contribution in [3.63, 3.8) is 0 Å². The molecule has 1 N–H and O–H groups in total. The maximum Gasteiger partial charge on any atom is 0.574 e. The van der Waals surface area contributed by atoms with E-state index in [2.05, 4.69) is 44.8 Å². The van der Waals surface area contributed by atoms with Crippen molar-refractivity contribution in [2.45, 2.75) is 97.4 Å². The predicted molar refractivity (Wildman–Crippen MR) is 161 cm³/mol. The fourth-order valence-electron chi connectivity index (χ4n) is 8.96. The number of aromatic nitrogens is 1. The minimum Gasteiger partial charge on any atom is -0.480 e. The van der Waals surface area contributed by atoms with Crippen molar-refractivity contribution in [1.82, 2.24) is 9.88 Å². The highest BCUT2D eigenvalue weighted by atomic mass is 79.9. The molecule has 9 nitrogen and oxygen atoms in total. The number of pyridine rings is 1. The van der Waals surface area contributed by atoms with E-state index >= 15 is 0 Å². The van der Waals surface area contributed by atoms with Crippen molar-refractivity contribution in [2.24, 2.45) is 34.5 Å². The van der Waals surface area contributed by atoms with E-state index in [9.17, 15) is 22.8 Å². The number of hydrogen-bond acceptors (Lipinski definition) is 8. The number of carbonyl (C=O) groups excluding carboxylic acids is 2. The van der Waals surface area contributed by atoms with Gasteiger partial charge in [0.25, 0.3) is 0 Å². The Kier molecular flexibility index (Phi) is 7.94. The van der Waals surface area contributed by atoms with Gasteiger partial charge in [-0.1, -0.05) is 13.8 Å². The standard InChI is InChI=1S/C32H41BrF3N3O6/c1-29(2,3)45-28(41)39-15-17-18-7-8-20(30(18,4)12-10-19(17)31(5)11-9-16(40)13-23(31)39)24-27(43-24)37-22-14-21(33)25(42-6)38-26(22)44-32(34,35)36/h13-14,17-20,24,27,37H,7-12,15H2,1-6H3/t17?,18?,19?,20?,24?,27?,30-,31+/m0/s1. The van der Waals surface area contributed by atoms with E-state index in [0.717, 1.165) is 31.4 Å². The summed E-state index contributed by atoms with van der Waals surface area (Å²) in [5.74, 6) is 0.409. The average Bonchev–Trinajstić information content (AvgIpc) is 3.58. The number of allylic oxidation sites excluding steroid dienone is 2. The minimum atomic E-state index is -4.93. The lowest BCUT2D eigenvalue weighted by Gasteiger charge is -2.60. The number of epoxide rings is 1. The van der Waals surface area contributed by atoms with Crippen LogP contribution in [0, 0.1) is 34.5 Å². The number of piperidine rings is 1. The normalized spacial score (nSPS) is 35.9. The number of fused-ring (bicyclic) bond motifs is 5. The van der Waals surface area contributed by atoms with Crippen LogP contribution >= 0.6 is 15.9 Å². The largest absolute Gasteiger partial charge is 0.574 e. The van der Waals surface area contributed by atoms with Crippen LogP contribution in [-0.4, -0.2) is 59.7 Å². The molecular formula is C32H41BrF3N3O6. The first-order chi connectivity index (χ1) is 20.9. The van der Waals surface area contributed by atoms with Gasteiger partial charge in [-0.05, 0) is 104 Å². The van der Waals surface area contributed by atoms with E-state index in [1.54, 1.807) is 11.0 Å². The number of amides is 1. The summed E-state index contributed by atoms with van der Waals surface area (Å²) in [7, 11) is 1.31. The maximum atomic E-state index is 13.6. The third kappa shape index (κ3) is 5.92. The summed E-state index contributed by atoms with van der Waals surface area (Å²) >= 11 is 3.30. The van der Waals surface area contributed by atoms with Gasteiger partial charge in [0.1, 0.15) is 17.4 Å². The van der Waals surface area contributed by atoms with E-state index in [4.69, 9.17) is 14.2 Å². The molecule has 2 saturated carbocycles. The predicted octanol–water partition coefficient (Wildman–Crippen LogP) is 7.45. The Bertz CT molecular complexity index is 1420.